The molecule has 0 radical (unpaired) electrons. The van der Waals surface area contributed by atoms with Crippen LogP contribution in [0.2, 0.25) is 5.02 Å². The molecule has 0 spiro atoms. The van der Waals surface area contributed by atoms with Crippen LogP contribution in [0.4, 0.5) is 0 Å². The second-order valence-corrected chi connectivity index (χ2v) is 12.3. The zero-order valence-corrected chi connectivity index (χ0v) is 23.6. The molecule has 9 nitrogen and oxygen atoms in total. The smallest absolute Gasteiger partial charge is 0.354 e. The third kappa shape index (κ3) is 5.12. The number of sulfonamides is 1. The van der Waals surface area contributed by atoms with E-state index in [0.717, 1.165) is 21.6 Å². The van der Waals surface area contributed by atoms with Crippen LogP contribution in [0.15, 0.2) is 113 Å². The zero-order valence-electron chi connectivity index (χ0n) is 21.2. The fourth-order valence-electron chi connectivity index (χ4n) is 4.74. The summed E-state index contributed by atoms with van der Waals surface area (Å²) >= 11 is 7.50. The number of thioether (sulfide) groups is 1. The van der Waals surface area contributed by atoms with E-state index >= 15 is 0 Å². The number of carbonyl (C=O) groups is 1. The molecule has 2 atom stereocenters. The predicted octanol–water partition coefficient (Wildman–Crippen LogP) is 5.83. The summed E-state index contributed by atoms with van der Waals surface area (Å²) in [4.78, 5) is 13.1. The lowest BCUT2D eigenvalue weighted by molar-refractivity contribution is -0.134. The number of hydrogen-bond donors (Lipinski definition) is 1. The van der Waals surface area contributed by atoms with Gasteiger partial charge in [0.25, 0.3) is 10.0 Å². The van der Waals surface area contributed by atoms with Gasteiger partial charge in [-0.3, -0.25) is 0 Å². The molecule has 3 aromatic carbocycles. The molecular formula is C29H22ClNO8S2. The molecule has 1 N–H and O–H groups in total. The lowest BCUT2D eigenvalue weighted by Crippen LogP contribution is -2.41. The third-order valence-corrected chi connectivity index (χ3v) is 9.69. The second-order valence-electron chi connectivity index (χ2n) is 9.07. The van der Waals surface area contributed by atoms with Crippen LogP contribution in [0.3, 0.4) is 0 Å². The van der Waals surface area contributed by atoms with Crippen LogP contribution in [0, 0.1) is 0 Å². The van der Waals surface area contributed by atoms with E-state index in [1.165, 1.54) is 18.6 Å². The molecule has 3 heterocycles. The number of carboxylic acid groups (broad SMARTS) is 1. The molecule has 0 aliphatic carbocycles. The Hall–Kier alpha value is -4.06. The maximum atomic E-state index is 14.2. The van der Waals surface area contributed by atoms with Gasteiger partial charge < -0.3 is 24.1 Å². The van der Waals surface area contributed by atoms with Gasteiger partial charge in [0.2, 0.25) is 13.1 Å². The van der Waals surface area contributed by atoms with E-state index in [2.05, 4.69) is 0 Å². The standard InChI is InChI=1S/C29H22ClNO8S2/c30-21-12-6-4-10-19(21)26(22-15-36-17-38-22)31-27(29(32)33)28(20-11-5-7-13-23(20)41(31,34)35)40-25-16-37-24(39-25)14-18-8-2-1-3-9-18/h1-13,15-16,24,26H,14,17H2,(H,32,33). The van der Waals surface area contributed by atoms with Crippen molar-refractivity contribution in [3.63, 3.8) is 0 Å². The molecule has 12 heteroatoms. The molecule has 2 unspecified atom stereocenters. The number of rotatable bonds is 8. The average molecular weight is 612 g/mol. The lowest BCUT2D eigenvalue weighted by Gasteiger charge is -2.37. The van der Waals surface area contributed by atoms with E-state index in [-0.39, 0.29) is 38.0 Å². The highest BCUT2D eigenvalue weighted by Gasteiger charge is 2.47. The van der Waals surface area contributed by atoms with Gasteiger partial charge in [0.05, 0.1) is 9.80 Å². The van der Waals surface area contributed by atoms with Gasteiger partial charge in [0, 0.05) is 22.6 Å². The van der Waals surface area contributed by atoms with Gasteiger partial charge in [0.1, 0.15) is 18.6 Å². The van der Waals surface area contributed by atoms with Crippen molar-refractivity contribution in [1.29, 1.82) is 0 Å². The normalized spacial score (nSPS) is 19.6. The second kappa shape index (κ2) is 11.1. The van der Waals surface area contributed by atoms with Gasteiger partial charge in [-0.2, -0.15) is 0 Å². The number of halogens is 1. The summed E-state index contributed by atoms with van der Waals surface area (Å²) in [6.07, 6.45) is 2.50. The molecule has 3 aliphatic rings. The Bertz CT molecular complexity index is 1700. The number of carboxylic acids is 1. The Balaban J connectivity index is 1.46. The van der Waals surface area contributed by atoms with Crippen LogP contribution in [-0.2, 0) is 40.2 Å². The molecule has 0 saturated heterocycles. The summed E-state index contributed by atoms with van der Waals surface area (Å²) < 4.78 is 51.9. The van der Waals surface area contributed by atoms with Gasteiger partial charge in [-0.1, -0.05) is 78.3 Å². The van der Waals surface area contributed by atoms with E-state index in [9.17, 15) is 18.3 Å². The molecule has 0 amide bonds. The molecule has 41 heavy (non-hydrogen) atoms. The highest BCUT2D eigenvalue weighted by molar-refractivity contribution is 8.11. The molecule has 0 fully saturated rings. The SMILES string of the molecule is O=C(O)C1=C(SC2=COC(Cc3ccccc3)O2)c2ccccc2S(=O)(=O)N1C(C1=COCO1)c1ccccc1Cl. The first-order valence-electron chi connectivity index (χ1n) is 12.4. The molecule has 0 aromatic heterocycles. The van der Waals surface area contributed by atoms with Gasteiger partial charge in [0.15, 0.2) is 16.5 Å². The number of aliphatic carboxylic acids is 1. The Morgan fingerprint density at radius 1 is 1.02 bits per heavy atom. The molecule has 210 valence electrons. The quantitative estimate of drug-likeness (QED) is 0.336. The third-order valence-electron chi connectivity index (χ3n) is 6.52. The van der Waals surface area contributed by atoms with Crippen molar-refractivity contribution in [2.75, 3.05) is 6.79 Å². The monoisotopic (exact) mass is 611 g/mol. The largest absolute Gasteiger partial charge is 0.477 e. The van der Waals surface area contributed by atoms with Crippen LogP contribution in [-0.4, -0.2) is 36.9 Å². The van der Waals surface area contributed by atoms with Crippen LogP contribution in [0.25, 0.3) is 4.91 Å². The van der Waals surface area contributed by atoms with Crippen molar-refractivity contribution in [3.05, 3.63) is 130 Å². The molecule has 3 aliphatic heterocycles. The highest BCUT2D eigenvalue weighted by atomic mass is 35.5. The Kier molecular flexibility index (Phi) is 7.33. The molecule has 3 aromatic rings. The summed E-state index contributed by atoms with van der Waals surface area (Å²) in [5.41, 5.74) is 1.04. The number of ether oxygens (including phenoxy) is 4. The van der Waals surface area contributed by atoms with Crippen LogP contribution in [0.1, 0.15) is 22.7 Å². The fraction of sp³-hybridized carbons (Fsp3) is 0.138. The van der Waals surface area contributed by atoms with E-state index in [0.29, 0.717) is 12.0 Å². The fourth-order valence-corrected chi connectivity index (χ4v) is 7.95. The summed E-state index contributed by atoms with van der Waals surface area (Å²) in [7, 11) is -4.44. The van der Waals surface area contributed by atoms with E-state index < -0.39 is 34.0 Å². The lowest BCUT2D eigenvalue weighted by atomic mass is 10.0. The van der Waals surface area contributed by atoms with Gasteiger partial charge in [-0.05, 0) is 29.5 Å². The Morgan fingerprint density at radius 2 is 1.76 bits per heavy atom. The van der Waals surface area contributed by atoms with Crippen LogP contribution in [0.5, 0.6) is 0 Å². The number of benzene rings is 3. The Labute approximate surface area is 245 Å². The minimum absolute atomic E-state index is 0.0792. The summed E-state index contributed by atoms with van der Waals surface area (Å²) in [5, 5.41) is 11.1. The average Bonchev–Trinajstić information content (AvgIpc) is 3.65. The number of nitrogens with zero attached hydrogens (tertiary/aromatic N) is 1. The first kappa shape index (κ1) is 27.1. The van der Waals surface area contributed by atoms with Gasteiger partial charge in [-0.15, -0.1) is 0 Å². The number of hydrogen-bond acceptors (Lipinski definition) is 8. The topological polar surface area (TPSA) is 112 Å². The predicted molar refractivity (Wildman–Crippen MR) is 151 cm³/mol. The summed E-state index contributed by atoms with van der Waals surface area (Å²) in [5.74, 6) is -1.38. The summed E-state index contributed by atoms with van der Waals surface area (Å²) in [6.45, 7) is -0.157. The number of fused-ring (bicyclic) bond motifs is 1. The first-order valence-corrected chi connectivity index (χ1v) is 15.0. The van der Waals surface area contributed by atoms with E-state index in [1.807, 2.05) is 30.3 Å². The van der Waals surface area contributed by atoms with Gasteiger partial charge >= 0.3 is 5.97 Å². The van der Waals surface area contributed by atoms with Crippen molar-refractivity contribution in [3.8, 4) is 0 Å². The van der Waals surface area contributed by atoms with Crippen molar-refractivity contribution in [1.82, 2.24) is 4.31 Å². The van der Waals surface area contributed by atoms with Gasteiger partial charge in [-0.25, -0.2) is 17.5 Å². The molecule has 0 saturated carbocycles. The zero-order chi connectivity index (χ0) is 28.6. The molecular weight excluding hydrogens is 590 g/mol. The minimum Gasteiger partial charge on any atom is -0.477 e. The van der Waals surface area contributed by atoms with Crippen molar-refractivity contribution in [2.45, 2.75) is 23.6 Å². The van der Waals surface area contributed by atoms with E-state index in [1.54, 1.807) is 42.5 Å². The van der Waals surface area contributed by atoms with E-state index in [4.69, 9.17) is 30.5 Å². The molecule has 6 rings (SSSR count). The highest BCUT2D eigenvalue weighted by Crippen LogP contribution is 2.51. The van der Waals surface area contributed by atoms with Crippen molar-refractivity contribution < 1.29 is 37.3 Å². The first-order chi connectivity index (χ1) is 19.8. The summed E-state index contributed by atoms with van der Waals surface area (Å²) in [6, 6.07) is 21.1. The maximum Gasteiger partial charge on any atom is 0.354 e. The van der Waals surface area contributed by atoms with Crippen LogP contribution < -0.4 is 0 Å². The van der Waals surface area contributed by atoms with Crippen molar-refractivity contribution >= 4 is 44.3 Å². The molecule has 0 bridgehead atoms. The van der Waals surface area contributed by atoms with Crippen molar-refractivity contribution in [2.24, 2.45) is 0 Å². The maximum absolute atomic E-state index is 14.2. The van der Waals surface area contributed by atoms with Crippen LogP contribution >= 0.6 is 23.4 Å². The Morgan fingerprint density at radius 3 is 2.49 bits per heavy atom. The minimum atomic E-state index is -4.44.